The smallest absolute Gasteiger partial charge is 0.339 e. The van der Waals surface area contributed by atoms with Crippen LogP contribution < -0.4 is 4.74 Å². The third-order valence-corrected chi connectivity index (χ3v) is 4.32. The Kier molecular flexibility index (Phi) is 6.93. The average molecular weight is 403 g/mol. The summed E-state index contributed by atoms with van der Waals surface area (Å²) in [5.74, 6) is -2.29. The van der Waals surface area contributed by atoms with Gasteiger partial charge >= 0.3 is 11.9 Å². The summed E-state index contributed by atoms with van der Waals surface area (Å²) in [7, 11) is 2.60. The molecule has 2 rings (SSSR count). The van der Waals surface area contributed by atoms with Crippen LogP contribution in [0.2, 0.25) is 0 Å². The van der Waals surface area contributed by atoms with E-state index in [1.54, 1.807) is 19.9 Å². The van der Waals surface area contributed by atoms with Crippen LogP contribution in [0.3, 0.4) is 0 Å². The number of aromatic nitrogens is 1. The number of benzene rings is 1. The molecule has 8 heteroatoms. The third-order valence-electron chi connectivity index (χ3n) is 4.32. The highest BCUT2D eigenvalue weighted by Crippen LogP contribution is 2.21. The summed E-state index contributed by atoms with van der Waals surface area (Å²) < 4.78 is 28.3. The molecule has 0 aliphatic heterocycles. The largest absolute Gasteiger partial charge is 0.494 e. The van der Waals surface area contributed by atoms with Gasteiger partial charge in [-0.2, -0.15) is 0 Å². The number of H-pyrrole nitrogens is 1. The fourth-order valence-corrected chi connectivity index (χ4v) is 2.83. The van der Waals surface area contributed by atoms with E-state index in [1.165, 1.54) is 39.4 Å². The second kappa shape index (κ2) is 9.18. The lowest BCUT2D eigenvalue weighted by molar-refractivity contribution is -0.140. The van der Waals surface area contributed by atoms with Crippen molar-refractivity contribution in [2.24, 2.45) is 0 Å². The molecule has 29 heavy (non-hydrogen) atoms. The zero-order valence-electron chi connectivity index (χ0n) is 16.8. The Morgan fingerprint density at radius 3 is 2.45 bits per heavy atom. The fraction of sp³-hybridized carbons (Fsp3) is 0.286. The van der Waals surface area contributed by atoms with Crippen LogP contribution in [0.4, 0.5) is 4.39 Å². The van der Waals surface area contributed by atoms with E-state index in [0.29, 0.717) is 16.8 Å². The van der Waals surface area contributed by atoms with E-state index in [0.717, 1.165) is 6.08 Å². The minimum atomic E-state index is -1.10. The summed E-state index contributed by atoms with van der Waals surface area (Å²) in [6.45, 7) is 4.67. The van der Waals surface area contributed by atoms with Crippen LogP contribution in [0.25, 0.3) is 6.08 Å². The number of ketones is 1. The number of aromatic amines is 1. The second-order valence-electron chi connectivity index (χ2n) is 6.29. The van der Waals surface area contributed by atoms with Crippen LogP contribution in [0, 0.1) is 19.7 Å². The van der Waals surface area contributed by atoms with E-state index in [4.69, 9.17) is 14.2 Å². The Morgan fingerprint density at radius 2 is 1.86 bits per heavy atom. The molecule has 0 amide bonds. The Bertz CT molecular complexity index is 976. The summed E-state index contributed by atoms with van der Waals surface area (Å²) in [5, 5.41) is 0. The maximum Gasteiger partial charge on any atom is 0.339 e. The van der Waals surface area contributed by atoms with Crippen LogP contribution in [0.1, 0.15) is 44.6 Å². The molecule has 7 nitrogen and oxygen atoms in total. The zero-order chi connectivity index (χ0) is 21.7. The number of ether oxygens (including phenoxy) is 3. The zero-order valence-corrected chi connectivity index (χ0v) is 16.8. The number of rotatable bonds is 7. The van der Waals surface area contributed by atoms with E-state index < -0.39 is 29.6 Å². The molecule has 0 spiro atoms. The molecule has 2 aromatic rings. The maximum atomic E-state index is 13.7. The van der Waals surface area contributed by atoms with Crippen LogP contribution in [-0.4, -0.2) is 43.0 Å². The van der Waals surface area contributed by atoms with E-state index in [2.05, 4.69) is 4.98 Å². The topological polar surface area (TPSA) is 94.7 Å². The average Bonchev–Trinajstić information content (AvgIpc) is 2.99. The molecule has 0 bridgehead atoms. The summed E-state index contributed by atoms with van der Waals surface area (Å²) in [5.41, 5.74) is 1.78. The number of carbonyl (C=O) groups excluding carboxylic acids is 3. The Hall–Kier alpha value is -3.42. The van der Waals surface area contributed by atoms with Crippen LogP contribution in [-0.2, 0) is 14.3 Å². The van der Waals surface area contributed by atoms with Crippen LogP contribution in [0.5, 0.6) is 5.75 Å². The number of nitrogens with one attached hydrogen (secondary N) is 1. The van der Waals surface area contributed by atoms with Crippen molar-refractivity contribution in [3.63, 3.8) is 0 Å². The van der Waals surface area contributed by atoms with Crippen molar-refractivity contribution in [3.8, 4) is 5.75 Å². The Balaban J connectivity index is 2.09. The number of Topliss-reactive ketones (excluding diaryl/α,β-unsaturated/α-hetero) is 1. The lowest BCUT2D eigenvalue weighted by Crippen LogP contribution is -2.24. The number of halogens is 1. The first-order chi connectivity index (χ1) is 13.7. The first-order valence-corrected chi connectivity index (χ1v) is 8.73. The first kappa shape index (κ1) is 21.9. The summed E-state index contributed by atoms with van der Waals surface area (Å²) in [6, 6.07) is 4.21. The predicted octanol–water partition coefficient (Wildman–Crippen LogP) is 3.39. The molecule has 0 saturated heterocycles. The molecule has 1 aromatic heterocycles. The molecule has 0 radical (unpaired) electrons. The monoisotopic (exact) mass is 403 g/mol. The van der Waals surface area contributed by atoms with Crippen LogP contribution >= 0.6 is 0 Å². The van der Waals surface area contributed by atoms with Gasteiger partial charge in [-0.3, -0.25) is 4.79 Å². The standard InChI is InChI=1S/C21H22FNO6/c1-11-18(21(26)28-5)12(2)23-19(11)20(25)13(3)29-17(24)9-7-14-6-8-16(27-4)15(22)10-14/h6-10,13,23H,1-5H3/b9-7+/t13-/m0/s1. The maximum absolute atomic E-state index is 13.7. The van der Waals surface area contributed by atoms with Gasteiger partial charge in [-0.15, -0.1) is 0 Å². The van der Waals surface area contributed by atoms with Gasteiger partial charge in [-0.1, -0.05) is 6.07 Å². The van der Waals surface area contributed by atoms with Gasteiger partial charge in [0.05, 0.1) is 25.5 Å². The van der Waals surface area contributed by atoms with E-state index in [1.807, 2.05) is 0 Å². The van der Waals surface area contributed by atoms with E-state index in [9.17, 15) is 18.8 Å². The number of carbonyl (C=O) groups is 3. The van der Waals surface area contributed by atoms with Crippen molar-refractivity contribution in [1.29, 1.82) is 0 Å². The SMILES string of the molecule is COC(=O)c1c(C)[nH]c(C(=O)[C@H](C)OC(=O)/C=C/c2ccc(OC)c(F)c2)c1C. The highest BCUT2D eigenvalue weighted by Gasteiger charge is 2.26. The van der Waals surface area contributed by atoms with Crippen molar-refractivity contribution < 1.29 is 33.0 Å². The molecule has 154 valence electrons. The Labute approximate surface area is 167 Å². The van der Waals surface area contributed by atoms with Gasteiger partial charge in [0.25, 0.3) is 0 Å². The van der Waals surface area contributed by atoms with Crippen molar-refractivity contribution in [3.05, 3.63) is 58.2 Å². The van der Waals surface area contributed by atoms with Gasteiger partial charge in [0.1, 0.15) is 0 Å². The van der Waals surface area contributed by atoms with Crippen molar-refractivity contribution >= 4 is 23.8 Å². The number of hydrogen-bond donors (Lipinski definition) is 1. The van der Waals surface area contributed by atoms with Gasteiger partial charge in [-0.05, 0) is 50.1 Å². The van der Waals surface area contributed by atoms with E-state index in [-0.39, 0.29) is 17.0 Å². The normalized spacial score (nSPS) is 11.9. The van der Waals surface area contributed by atoms with Gasteiger partial charge < -0.3 is 19.2 Å². The first-order valence-electron chi connectivity index (χ1n) is 8.73. The molecule has 1 aromatic carbocycles. The van der Waals surface area contributed by atoms with Gasteiger partial charge in [0.15, 0.2) is 17.7 Å². The number of esters is 2. The predicted molar refractivity (Wildman–Crippen MR) is 103 cm³/mol. The quantitative estimate of drug-likeness (QED) is 0.433. The molecular formula is C21H22FNO6. The van der Waals surface area contributed by atoms with Gasteiger partial charge in [0, 0.05) is 11.8 Å². The molecule has 0 aliphatic rings. The molecule has 0 saturated carbocycles. The second-order valence-corrected chi connectivity index (χ2v) is 6.29. The number of methoxy groups -OCH3 is 2. The van der Waals surface area contributed by atoms with Gasteiger partial charge in [0.2, 0.25) is 5.78 Å². The number of aryl methyl sites for hydroxylation is 1. The molecule has 1 heterocycles. The lowest BCUT2D eigenvalue weighted by Gasteiger charge is -2.10. The van der Waals surface area contributed by atoms with Crippen molar-refractivity contribution in [2.45, 2.75) is 26.9 Å². The molecule has 0 unspecified atom stereocenters. The van der Waals surface area contributed by atoms with E-state index >= 15 is 0 Å². The van der Waals surface area contributed by atoms with Crippen molar-refractivity contribution in [2.75, 3.05) is 14.2 Å². The Morgan fingerprint density at radius 1 is 1.17 bits per heavy atom. The third kappa shape index (κ3) is 4.90. The van der Waals surface area contributed by atoms with Crippen LogP contribution in [0.15, 0.2) is 24.3 Å². The fourth-order valence-electron chi connectivity index (χ4n) is 2.83. The molecule has 0 fully saturated rings. The highest BCUT2D eigenvalue weighted by atomic mass is 19.1. The lowest BCUT2D eigenvalue weighted by atomic mass is 10.1. The molecule has 0 aliphatic carbocycles. The minimum Gasteiger partial charge on any atom is -0.494 e. The summed E-state index contributed by atoms with van der Waals surface area (Å²) in [6.07, 6.45) is 1.36. The van der Waals surface area contributed by atoms with Crippen molar-refractivity contribution in [1.82, 2.24) is 4.98 Å². The summed E-state index contributed by atoms with van der Waals surface area (Å²) in [4.78, 5) is 39.3. The highest BCUT2D eigenvalue weighted by molar-refractivity contribution is 6.04. The summed E-state index contributed by atoms with van der Waals surface area (Å²) >= 11 is 0. The molecular weight excluding hydrogens is 381 g/mol. The number of hydrogen-bond acceptors (Lipinski definition) is 6. The molecule has 1 atom stereocenters. The minimum absolute atomic E-state index is 0.0897. The van der Waals surface area contributed by atoms with Gasteiger partial charge in [-0.25, -0.2) is 14.0 Å². The molecule has 1 N–H and O–H groups in total.